The van der Waals surface area contributed by atoms with E-state index in [0.717, 1.165) is 0 Å². The highest BCUT2D eigenvalue weighted by Gasteiger charge is 2.42. The molecule has 82 valence electrons. The SMILES string of the molecule is CC(=O)OC1[C@H](C)OC(C)[C@H](O)[C@H]1O. The van der Waals surface area contributed by atoms with E-state index in [4.69, 9.17) is 9.47 Å². The zero-order valence-electron chi connectivity index (χ0n) is 8.51. The highest BCUT2D eigenvalue weighted by atomic mass is 16.6. The summed E-state index contributed by atoms with van der Waals surface area (Å²) in [7, 11) is 0. The Morgan fingerprint density at radius 1 is 1.21 bits per heavy atom. The standard InChI is InChI=1S/C9H16O5/c1-4-7(11)8(12)9(5(2)13-4)14-6(3)10/h4-5,7-9,11-12H,1-3H3/t4?,5-,7-,8+,9?/m0/s1. The number of hydrogen-bond donors (Lipinski definition) is 2. The lowest BCUT2D eigenvalue weighted by molar-refractivity contribution is -0.224. The number of rotatable bonds is 1. The van der Waals surface area contributed by atoms with Crippen molar-refractivity contribution in [2.75, 3.05) is 0 Å². The van der Waals surface area contributed by atoms with Gasteiger partial charge in [-0.05, 0) is 13.8 Å². The number of carbonyl (C=O) groups is 1. The summed E-state index contributed by atoms with van der Waals surface area (Å²) in [5.74, 6) is -0.494. The van der Waals surface area contributed by atoms with Crippen LogP contribution in [-0.4, -0.2) is 46.7 Å². The normalized spacial score (nSPS) is 43.4. The van der Waals surface area contributed by atoms with Crippen molar-refractivity contribution in [3.05, 3.63) is 0 Å². The van der Waals surface area contributed by atoms with Crippen molar-refractivity contribution >= 4 is 5.97 Å². The van der Waals surface area contributed by atoms with Crippen molar-refractivity contribution in [2.24, 2.45) is 0 Å². The van der Waals surface area contributed by atoms with Crippen molar-refractivity contribution in [3.8, 4) is 0 Å². The summed E-state index contributed by atoms with van der Waals surface area (Å²) in [5.41, 5.74) is 0. The fraction of sp³-hybridized carbons (Fsp3) is 0.889. The predicted octanol–water partition coefficient (Wildman–Crippen LogP) is -0.553. The van der Waals surface area contributed by atoms with Gasteiger partial charge >= 0.3 is 5.97 Å². The van der Waals surface area contributed by atoms with Gasteiger partial charge in [0.05, 0.1) is 12.2 Å². The Morgan fingerprint density at radius 3 is 2.29 bits per heavy atom. The molecule has 5 nitrogen and oxygen atoms in total. The summed E-state index contributed by atoms with van der Waals surface area (Å²) >= 11 is 0. The van der Waals surface area contributed by atoms with Crippen LogP contribution in [0.3, 0.4) is 0 Å². The van der Waals surface area contributed by atoms with Crippen molar-refractivity contribution < 1.29 is 24.5 Å². The average Bonchev–Trinajstić information content (AvgIpc) is 2.09. The van der Waals surface area contributed by atoms with E-state index in [-0.39, 0.29) is 0 Å². The molecule has 1 aliphatic rings. The van der Waals surface area contributed by atoms with E-state index in [1.165, 1.54) is 6.92 Å². The van der Waals surface area contributed by atoms with Crippen LogP contribution < -0.4 is 0 Å². The molecule has 2 N–H and O–H groups in total. The number of aliphatic hydroxyl groups excluding tert-OH is 2. The molecule has 1 aliphatic heterocycles. The van der Waals surface area contributed by atoms with E-state index >= 15 is 0 Å². The zero-order valence-corrected chi connectivity index (χ0v) is 8.51. The zero-order chi connectivity index (χ0) is 10.9. The molecule has 0 aromatic carbocycles. The van der Waals surface area contributed by atoms with Gasteiger partial charge in [0.25, 0.3) is 0 Å². The average molecular weight is 204 g/mol. The Labute approximate surface area is 82.6 Å². The van der Waals surface area contributed by atoms with Crippen molar-refractivity contribution in [1.29, 1.82) is 0 Å². The number of aliphatic hydroxyl groups is 2. The van der Waals surface area contributed by atoms with Crippen LogP contribution in [0.2, 0.25) is 0 Å². The molecule has 1 saturated heterocycles. The molecular weight excluding hydrogens is 188 g/mol. The number of esters is 1. The molecular formula is C9H16O5. The summed E-state index contributed by atoms with van der Waals surface area (Å²) in [6.07, 6.45) is -3.76. The third kappa shape index (κ3) is 2.23. The van der Waals surface area contributed by atoms with Gasteiger partial charge in [0.1, 0.15) is 12.2 Å². The van der Waals surface area contributed by atoms with Gasteiger partial charge in [-0.1, -0.05) is 0 Å². The minimum atomic E-state index is -1.09. The second-order valence-electron chi connectivity index (χ2n) is 3.60. The minimum absolute atomic E-state index is 0.410. The van der Waals surface area contributed by atoms with Gasteiger partial charge in [0.2, 0.25) is 0 Å². The summed E-state index contributed by atoms with van der Waals surface area (Å²) in [5, 5.41) is 19.1. The van der Waals surface area contributed by atoms with Crippen molar-refractivity contribution in [1.82, 2.24) is 0 Å². The smallest absolute Gasteiger partial charge is 0.303 e. The van der Waals surface area contributed by atoms with E-state index < -0.39 is 36.5 Å². The molecule has 0 aliphatic carbocycles. The second-order valence-corrected chi connectivity index (χ2v) is 3.60. The van der Waals surface area contributed by atoms with Gasteiger partial charge in [0.15, 0.2) is 6.10 Å². The van der Waals surface area contributed by atoms with E-state index in [2.05, 4.69) is 0 Å². The molecule has 14 heavy (non-hydrogen) atoms. The van der Waals surface area contributed by atoms with E-state index in [1.54, 1.807) is 13.8 Å². The maximum atomic E-state index is 10.7. The lowest BCUT2D eigenvalue weighted by atomic mass is 9.96. The molecule has 0 aromatic heterocycles. The van der Waals surface area contributed by atoms with E-state index in [0.29, 0.717) is 0 Å². The Balaban J connectivity index is 2.68. The number of hydrogen-bond acceptors (Lipinski definition) is 5. The second kappa shape index (κ2) is 4.25. The van der Waals surface area contributed by atoms with Gasteiger partial charge < -0.3 is 19.7 Å². The molecule has 1 rings (SSSR count). The summed E-state index contributed by atoms with van der Waals surface area (Å²) in [4.78, 5) is 10.7. The first-order chi connectivity index (χ1) is 6.43. The fourth-order valence-electron chi connectivity index (χ4n) is 1.60. The first kappa shape index (κ1) is 11.4. The first-order valence-electron chi connectivity index (χ1n) is 4.62. The van der Waals surface area contributed by atoms with Gasteiger partial charge in [-0.3, -0.25) is 4.79 Å². The van der Waals surface area contributed by atoms with Gasteiger partial charge in [-0.25, -0.2) is 0 Å². The van der Waals surface area contributed by atoms with E-state index in [9.17, 15) is 15.0 Å². The minimum Gasteiger partial charge on any atom is -0.457 e. The molecule has 0 aromatic rings. The highest BCUT2D eigenvalue weighted by Crippen LogP contribution is 2.22. The largest absolute Gasteiger partial charge is 0.457 e. The molecule has 5 atom stereocenters. The van der Waals surface area contributed by atoms with Crippen LogP contribution >= 0.6 is 0 Å². The molecule has 1 heterocycles. The Kier molecular flexibility index (Phi) is 3.47. The Hall–Kier alpha value is -0.650. The molecule has 0 amide bonds. The summed E-state index contributed by atoms with van der Waals surface area (Å²) < 4.78 is 10.2. The van der Waals surface area contributed by atoms with Crippen LogP contribution in [0.1, 0.15) is 20.8 Å². The van der Waals surface area contributed by atoms with Crippen molar-refractivity contribution in [3.63, 3.8) is 0 Å². The van der Waals surface area contributed by atoms with Crippen LogP contribution in [0.5, 0.6) is 0 Å². The first-order valence-corrected chi connectivity index (χ1v) is 4.62. The molecule has 1 fully saturated rings. The molecule has 2 unspecified atom stereocenters. The maximum Gasteiger partial charge on any atom is 0.303 e. The van der Waals surface area contributed by atoms with Gasteiger partial charge in [0, 0.05) is 6.92 Å². The molecule has 0 spiro atoms. The predicted molar refractivity (Wildman–Crippen MR) is 47.6 cm³/mol. The van der Waals surface area contributed by atoms with Crippen LogP contribution in [-0.2, 0) is 14.3 Å². The molecule has 0 saturated carbocycles. The topological polar surface area (TPSA) is 76.0 Å². The van der Waals surface area contributed by atoms with Crippen molar-refractivity contribution in [2.45, 2.75) is 51.3 Å². The lowest BCUT2D eigenvalue weighted by Gasteiger charge is -2.39. The third-order valence-corrected chi connectivity index (χ3v) is 2.36. The maximum absolute atomic E-state index is 10.7. The Morgan fingerprint density at radius 2 is 1.79 bits per heavy atom. The van der Waals surface area contributed by atoms with Crippen LogP contribution in [0.25, 0.3) is 0 Å². The van der Waals surface area contributed by atoms with Gasteiger partial charge in [-0.15, -0.1) is 0 Å². The van der Waals surface area contributed by atoms with Crippen LogP contribution in [0.4, 0.5) is 0 Å². The number of ether oxygens (including phenoxy) is 2. The fourth-order valence-corrected chi connectivity index (χ4v) is 1.60. The number of carbonyl (C=O) groups excluding carboxylic acids is 1. The van der Waals surface area contributed by atoms with Crippen LogP contribution in [0.15, 0.2) is 0 Å². The quantitative estimate of drug-likeness (QED) is 0.560. The van der Waals surface area contributed by atoms with E-state index in [1.807, 2.05) is 0 Å². The molecule has 0 radical (unpaired) electrons. The Bertz CT molecular complexity index is 217. The van der Waals surface area contributed by atoms with Gasteiger partial charge in [-0.2, -0.15) is 0 Å². The third-order valence-electron chi connectivity index (χ3n) is 2.36. The molecule has 5 heteroatoms. The van der Waals surface area contributed by atoms with Crippen LogP contribution in [0, 0.1) is 0 Å². The highest BCUT2D eigenvalue weighted by molar-refractivity contribution is 5.66. The monoisotopic (exact) mass is 204 g/mol. The summed E-state index contributed by atoms with van der Waals surface area (Å²) in [6.45, 7) is 4.61. The summed E-state index contributed by atoms with van der Waals surface area (Å²) in [6, 6.07) is 0. The lowest BCUT2D eigenvalue weighted by Crippen LogP contribution is -2.57. The molecule has 0 bridgehead atoms.